The van der Waals surface area contributed by atoms with Crippen LogP contribution in [0.1, 0.15) is 16.8 Å². The van der Waals surface area contributed by atoms with E-state index in [0.29, 0.717) is 25.3 Å². The van der Waals surface area contributed by atoms with Crippen LogP contribution in [0.25, 0.3) is 0 Å². The zero-order valence-electron chi connectivity index (χ0n) is 13.6. The third-order valence-electron chi connectivity index (χ3n) is 3.90. The monoisotopic (exact) mass is 330 g/mol. The number of rotatable bonds is 4. The Morgan fingerprint density at radius 2 is 2.21 bits per heavy atom. The van der Waals surface area contributed by atoms with E-state index < -0.39 is 5.82 Å². The lowest BCUT2D eigenvalue weighted by Crippen LogP contribution is -2.31. The Morgan fingerprint density at radius 3 is 2.96 bits per heavy atom. The molecule has 0 aliphatic carbocycles. The van der Waals surface area contributed by atoms with E-state index in [1.165, 1.54) is 12.3 Å². The number of carbonyl (C=O) groups is 1. The van der Waals surface area contributed by atoms with Gasteiger partial charge in [0.25, 0.3) is 5.91 Å². The van der Waals surface area contributed by atoms with Gasteiger partial charge in [-0.2, -0.15) is 0 Å². The van der Waals surface area contributed by atoms with Crippen LogP contribution in [-0.2, 0) is 0 Å². The van der Waals surface area contributed by atoms with Crippen molar-refractivity contribution >= 4 is 11.7 Å². The maximum atomic E-state index is 13.7. The highest BCUT2D eigenvalue weighted by Crippen LogP contribution is 2.27. The Bertz CT molecular complexity index is 738. The summed E-state index contributed by atoms with van der Waals surface area (Å²) in [5, 5.41) is 0. The van der Waals surface area contributed by atoms with E-state index in [1.807, 2.05) is 31.1 Å². The van der Waals surface area contributed by atoms with E-state index in [9.17, 15) is 9.18 Å². The Morgan fingerprint density at radius 1 is 1.38 bits per heavy atom. The van der Waals surface area contributed by atoms with E-state index in [4.69, 9.17) is 4.74 Å². The van der Waals surface area contributed by atoms with Gasteiger partial charge in [-0.1, -0.05) is 0 Å². The molecule has 0 spiro atoms. The average molecular weight is 330 g/mol. The Balaban J connectivity index is 1.68. The summed E-state index contributed by atoms with van der Waals surface area (Å²) in [7, 11) is 3.79. The molecule has 2 aromatic rings. The summed E-state index contributed by atoms with van der Waals surface area (Å²) in [5.74, 6) is 0.480. The highest BCUT2D eigenvalue weighted by Gasteiger charge is 2.30. The molecule has 1 saturated heterocycles. The Hall–Kier alpha value is -2.70. The fourth-order valence-corrected chi connectivity index (χ4v) is 2.72. The zero-order valence-corrected chi connectivity index (χ0v) is 13.6. The molecule has 126 valence electrons. The lowest BCUT2D eigenvalue weighted by Gasteiger charge is -2.20. The smallest absolute Gasteiger partial charge is 0.257 e. The largest absolute Gasteiger partial charge is 0.485 e. The lowest BCUT2D eigenvalue weighted by molar-refractivity contribution is 0.0767. The van der Waals surface area contributed by atoms with Gasteiger partial charge in [0.05, 0.1) is 18.3 Å². The van der Waals surface area contributed by atoms with Crippen LogP contribution in [0.15, 0.2) is 36.8 Å². The van der Waals surface area contributed by atoms with Gasteiger partial charge >= 0.3 is 0 Å². The highest BCUT2D eigenvalue weighted by atomic mass is 19.1. The summed E-state index contributed by atoms with van der Waals surface area (Å²) in [5.41, 5.74) is 0.0426. The van der Waals surface area contributed by atoms with Crippen LogP contribution in [0, 0.1) is 5.82 Å². The van der Waals surface area contributed by atoms with Crippen molar-refractivity contribution in [2.75, 3.05) is 32.1 Å². The SMILES string of the molecule is CN(C)c1ncccc1OC1CCN(C(=O)c2ccncc2F)C1. The molecule has 0 N–H and O–H groups in total. The van der Waals surface area contributed by atoms with E-state index in [1.54, 1.807) is 11.1 Å². The summed E-state index contributed by atoms with van der Waals surface area (Å²) in [4.78, 5) is 23.9. The van der Waals surface area contributed by atoms with Crippen molar-refractivity contribution in [1.29, 1.82) is 0 Å². The van der Waals surface area contributed by atoms with Crippen LogP contribution >= 0.6 is 0 Å². The molecule has 1 amide bonds. The van der Waals surface area contributed by atoms with Crippen LogP contribution in [0.5, 0.6) is 5.75 Å². The molecule has 7 heteroatoms. The van der Waals surface area contributed by atoms with E-state index in [2.05, 4.69) is 9.97 Å². The third-order valence-corrected chi connectivity index (χ3v) is 3.90. The normalized spacial score (nSPS) is 17.0. The van der Waals surface area contributed by atoms with Crippen molar-refractivity contribution in [3.8, 4) is 5.75 Å². The first-order valence-electron chi connectivity index (χ1n) is 7.74. The van der Waals surface area contributed by atoms with Crippen LogP contribution < -0.4 is 9.64 Å². The van der Waals surface area contributed by atoms with Gasteiger partial charge in [0.15, 0.2) is 17.4 Å². The molecule has 24 heavy (non-hydrogen) atoms. The van der Waals surface area contributed by atoms with E-state index in [-0.39, 0.29) is 17.6 Å². The van der Waals surface area contributed by atoms with Crippen molar-refractivity contribution in [3.63, 3.8) is 0 Å². The third kappa shape index (κ3) is 3.29. The molecule has 0 aromatic carbocycles. The van der Waals surface area contributed by atoms with Crippen LogP contribution in [0.2, 0.25) is 0 Å². The minimum atomic E-state index is -0.603. The number of anilines is 1. The predicted molar refractivity (Wildman–Crippen MR) is 87.7 cm³/mol. The molecular weight excluding hydrogens is 311 g/mol. The van der Waals surface area contributed by atoms with Crippen LogP contribution in [0.3, 0.4) is 0 Å². The first-order valence-corrected chi connectivity index (χ1v) is 7.74. The quantitative estimate of drug-likeness (QED) is 0.858. The fraction of sp³-hybridized carbons (Fsp3) is 0.353. The first-order chi connectivity index (χ1) is 11.6. The Labute approximate surface area is 139 Å². The molecular formula is C17H19FN4O2. The molecule has 1 aliphatic heterocycles. The number of hydrogen-bond donors (Lipinski definition) is 0. The number of ether oxygens (including phenoxy) is 1. The number of nitrogens with zero attached hydrogens (tertiary/aromatic N) is 4. The minimum Gasteiger partial charge on any atom is -0.485 e. The van der Waals surface area contributed by atoms with Gasteiger partial charge in [-0.25, -0.2) is 9.37 Å². The number of halogens is 1. The molecule has 0 bridgehead atoms. The number of pyridine rings is 2. The lowest BCUT2D eigenvalue weighted by atomic mass is 10.2. The van der Waals surface area contributed by atoms with Crippen molar-refractivity contribution < 1.29 is 13.9 Å². The predicted octanol–water partition coefficient (Wildman–Crippen LogP) is 1.98. The van der Waals surface area contributed by atoms with Gasteiger partial charge in [0, 0.05) is 39.5 Å². The maximum Gasteiger partial charge on any atom is 0.257 e. The highest BCUT2D eigenvalue weighted by molar-refractivity contribution is 5.94. The molecule has 3 heterocycles. The van der Waals surface area contributed by atoms with E-state index >= 15 is 0 Å². The second-order valence-electron chi connectivity index (χ2n) is 5.85. The summed E-state index contributed by atoms with van der Waals surface area (Å²) in [6.45, 7) is 0.950. The minimum absolute atomic E-state index is 0.0426. The molecule has 6 nitrogen and oxygen atoms in total. The molecule has 2 aromatic heterocycles. The molecule has 1 aliphatic rings. The average Bonchev–Trinajstić information content (AvgIpc) is 3.03. The second-order valence-corrected chi connectivity index (χ2v) is 5.85. The standard InChI is InChI=1S/C17H19FN4O2/c1-21(2)16-15(4-3-7-20-16)24-12-6-9-22(11-12)17(23)13-5-8-19-10-14(13)18/h3-5,7-8,10,12H,6,9,11H2,1-2H3. The second kappa shape index (κ2) is 6.82. The molecule has 3 rings (SSSR count). The van der Waals surface area contributed by atoms with E-state index in [0.717, 1.165) is 12.0 Å². The maximum absolute atomic E-state index is 13.7. The van der Waals surface area contributed by atoms with Gasteiger partial charge in [0.1, 0.15) is 6.10 Å². The van der Waals surface area contributed by atoms with Gasteiger partial charge < -0.3 is 14.5 Å². The Kier molecular flexibility index (Phi) is 4.59. The topological polar surface area (TPSA) is 58.6 Å². The number of carbonyl (C=O) groups excluding carboxylic acids is 1. The molecule has 0 saturated carbocycles. The number of likely N-dealkylation sites (tertiary alicyclic amines) is 1. The fourth-order valence-electron chi connectivity index (χ4n) is 2.72. The van der Waals surface area contributed by atoms with Crippen LogP contribution in [-0.4, -0.2) is 54.1 Å². The summed E-state index contributed by atoms with van der Waals surface area (Å²) >= 11 is 0. The zero-order chi connectivity index (χ0) is 17.1. The van der Waals surface area contributed by atoms with Gasteiger partial charge in [0.2, 0.25) is 0 Å². The van der Waals surface area contributed by atoms with Gasteiger partial charge in [-0.05, 0) is 18.2 Å². The van der Waals surface area contributed by atoms with Gasteiger partial charge in [-0.3, -0.25) is 9.78 Å². The van der Waals surface area contributed by atoms with Gasteiger partial charge in [-0.15, -0.1) is 0 Å². The van der Waals surface area contributed by atoms with Crippen molar-refractivity contribution in [2.24, 2.45) is 0 Å². The molecule has 1 unspecified atom stereocenters. The van der Waals surface area contributed by atoms with Crippen molar-refractivity contribution in [3.05, 3.63) is 48.2 Å². The van der Waals surface area contributed by atoms with Crippen molar-refractivity contribution in [1.82, 2.24) is 14.9 Å². The number of hydrogen-bond acceptors (Lipinski definition) is 5. The molecule has 1 atom stereocenters. The number of aromatic nitrogens is 2. The summed E-state index contributed by atoms with van der Waals surface area (Å²) < 4.78 is 19.7. The molecule has 0 radical (unpaired) electrons. The summed E-state index contributed by atoms with van der Waals surface area (Å²) in [6, 6.07) is 5.07. The molecule has 1 fully saturated rings. The van der Waals surface area contributed by atoms with Crippen LogP contribution in [0.4, 0.5) is 10.2 Å². The first kappa shape index (κ1) is 16.2. The summed E-state index contributed by atoms with van der Waals surface area (Å²) in [6.07, 6.45) is 4.73. The number of amides is 1. The van der Waals surface area contributed by atoms with Crippen molar-refractivity contribution in [2.45, 2.75) is 12.5 Å².